The van der Waals surface area contributed by atoms with Gasteiger partial charge in [0.1, 0.15) is 11.5 Å². The molecular weight excluding hydrogens is 422 g/mol. The van der Waals surface area contributed by atoms with Gasteiger partial charge in [-0.1, -0.05) is 48.4 Å². The molecule has 0 radical (unpaired) electrons. The number of rotatable bonds is 4. The van der Waals surface area contributed by atoms with Gasteiger partial charge in [-0.25, -0.2) is 4.90 Å². The lowest BCUT2D eigenvalue weighted by Crippen LogP contribution is -2.40. The van der Waals surface area contributed by atoms with E-state index >= 15 is 0 Å². The van der Waals surface area contributed by atoms with Gasteiger partial charge in [0, 0.05) is 5.02 Å². The smallest absolute Gasteiger partial charge is 0.277 e. The first-order valence-electron chi connectivity index (χ1n) is 9.11. The minimum Gasteiger partial charge on any atom is -0.431 e. The lowest BCUT2D eigenvalue weighted by atomic mass is 10.1. The molecule has 3 aromatic carbocycles. The molecule has 6 heteroatoms. The predicted molar refractivity (Wildman–Crippen MR) is 127 cm³/mol. The van der Waals surface area contributed by atoms with Gasteiger partial charge < -0.3 is 9.47 Å². The standard InChI is InChI=1S/C23H20ClNO2S2/c1-3-17-6-10-19(11-7-17)25(22(28)26-20-12-4-16(2)5-13-20)23(29)27-21-14-8-18(24)9-15-21/h4-15H,3H2,1-2H3. The number of hydrogen-bond acceptors (Lipinski definition) is 4. The average molecular weight is 442 g/mol. The summed E-state index contributed by atoms with van der Waals surface area (Å²) >= 11 is 17.1. The number of ether oxygens (including phenoxy) is 2. The van der Waals surface area contributed by atoms with Crippen LogP contribution in [0, 0.1) is 6.92 Å². The molecule has 0 bridgehead atoms. The summed E-state index contributed by atoms with van der Waals surface area (Å²) in [7, 11) is 0. The SMILES string of the molecule is CCc1ccc(N(C(=S)Oc2ccc(C)cc2)C(=S)Oc2ccc(Cl)cc2)cc1. The van der Waals surface area contributed by atoms with Gasteiger partial charge in [-0.05, 0) is 91.9 Å². The Morgan fingerprint density at radius 1 is 0.793 bits per heavy atom. The fraction of sp³-hybridized carbons (Fsp3) is 0.130. The monoisotopic (exact) mass is 441 g/mol. The van der Waals surface area contributed by atoms with Crippen LogP contribution in [0.15, 0.2) is 72.8 Å². The summed E-state index contributed by atoms with van der Waals surface area (Å²) in [5, 5.41) is 0.958. The number of halogens is 1. The largest absolute Gasteiger partial charge is 0.431 e. The molecule has 29 heavy (non-hydrogen) atoms. The highest BCUT2D eigenvalue weighted by Crippen LogP contribution is 2.23. The zero-order valence-corrected chi connectivity index (χ0v) is 18.5. The average Bonchev–Trinajstić information content (AvgIpc) is 2.72. The quantitative estimate of drug-likeness (QED) is 0.416. The second kappa shape index (κ2) is 9.83. The lowest BCUT2D eigenvalue weighted by molar-refractivity contribution is 0.530. The molecule has 0 aliphatic carbocycles. The van der Waals surface area contributed by atoms with Crippen LogP contribution in [0.1, 0.15) is 18.1 Å². The summed E-state index contributed by atoms with van der Waals surface area (Å²) < 4.78 is 11.7. The summed E-state index contributed by atoms with van der Waals surface area (Å²) in [6, 6.07) is 22.6. The van der Waals surface area contributed by atoms with E-state index in [0.717, 1.165) is 17.7 Å². The summed E-state index contributed by atoms with van der Waals surface area (Å²) in [6.07, 6.45) is 0.941. The molecule has 148 valence electrons. The van der Waals surface area contributed by atoms with Crippen molar-refractivity contribution in [3.05, 3.63) is 88.9 Å². The molecule has 3 nitrogen and oxygen atoms in total. The van der Waals surface area contributed by atoms with Crippen LogP contribution >= 0.6 is 36.0 Å². The van der Waals surface area contributed by atoms with Gasteiger partial charge in [0.2, 0.25) is 0 Å². The van der Waals surface area contributed by atoms with E-state index < -0.39 is 0 Å². The Balaban J connectivity index is 1.87. The molecule has 0 unspecified atom stereocenters. The van der Waals surface area contributed by atoms with Crippen molar-refractivity contribution in [3.63, 3.8) is 0 Å². The van der Waals surface area contributed by atoms with Gasteiger partial charge in [-0.3, -0.25) is 0 Å². The fourth-order valence-corrected chi connectivity index (χ4v) is 3.32. The maximum absolute atomic E-state index is 5.95. The Bertz CT molecular complexity index is 927. The van der Waals surface area contributed by atoms with Crippen molar-refractivity contribution in [3.8, 4) is 11.5 Å². The van der Waals surface area contributed by atoms with Crippen LogP contribution in [0.5, 0.6) is 11.5 Å². The molecular formula is C23H20ClNO2S2. The third kappa shape index (κ3) is 5.76. The minimum atomic E-state index is 0.161. The van der Waals surface area contributed by atoms with E-state index in [4.69, 9.17) is 45.5 Å². The Morgan fingerprint density at radius 2 is 1.28 bits per heavy atom. The number of hydrogen-bond donors (Lipinski definition) is 0. The van der Waals surface area contributed by atoms with Gasteiger partial charge in [0.15, 0.2) is 0 Å². The zero-order chi connectivity index (χ0) is 20.8. The Hall–Kier alpha value is -2.47. The molecule has 0 saturated carbocycles. The normalized spacial score (nSPS) is 10.3. The molecule has 3 aromatic rings. The molecule has 0 aliphatic rings. The first kappa shape index (κ1) is 21.2. The van der Waals surface area contributed by atoms with Crippen molar-refractivity contribution in [2.45, 2.75) is 20.3 Å². The topological polar surface area (TPSA) is 21.7 Å². The number of thiocarbonyl (C=S) groups is 2. The summed E-state index contributed by atoms with van der Waals surface area (Å²) in [6.45, 7) is 4.12. The molecule has 0 spiro atoms. The highest BCUT2D eigenvalue weighted by Gasteiger charge is 2.21. The van der Waals surface area contributed by atoms with Crippen molar-refractivity contribution in [1.82, 2.24) is 0 Å². The van der Waals surface area contributed by atoms with Crippen LogP contribution in [-0.4, -0.2) is 10.3 Å². The molecule has 0 N–H and O–H groups in total. The Morgan fingerprint density at radius 3 is 1.76 bits per heavy atom. The predicted octanol–water partition coefficient (Wildman–Crippen LogP) is 6.75. The van der Waals surface area contributed by atoms with Crippen LogP contribution in [0.4, 0.5) is 5.69 Å². The van der Waals surface area contributed by atoms with Crippen LogP contribution in [0.3, 0.4) is 0 Å². The van der Waals surface area contributed by atoms with Crippen molar-refractivity contribution >= 4 is 52.1 Å². The van der Waals surface area contributed by atoms with Gasteiger partial charge in [-0.15, -0.1) is 0 Å². The highest BCUT2D eigenvalue weighted by atomic mass is 35.5. The third-order valence-electron chi connectivity index (χ3n) is 4.21. The van der Waals surface area contributed by atoms with Crippen LogP contribution in [0.25, 0.3) is 0 Å². The van der Waals surface area contributed by atoms with Crippen molar-refractivity contribution in [1.29, 1.82) is 0 Å². The number of benzene rings is 3. The number of aryl methyl sites for hydroxylation is 2. The second-order valence-electron chi connectivity index (χ2n) is 6.36. The minimum absolute atomic E-state index is 0.161. The van der Waals surface area contributed by atoms with E-state index in [9.17, 15) is 0 Å². The summed E-state index contributed by atoms with van der Waals surface area (Å²) in [5.41, 5.74) is 3.11. The van der Waals surface area contributed by atoms with E-state index in [1.807, 2.05) is 55.5 Å². The van der Waals surface area contributed by atoms with Crippen LogP contribution in [0.2, 0.25) is 5.02 Å². The molecule has 0 heterocycles. The van der Waals surface area contributed by atoms with Crippen molar-refractivity contribution < 1.29 is 9.47 Å². The van der Waals surface area contributed by atoms with Gasteiger partial charge in [0.05, 0.1) is 5.69 Å². The van der Waals surface area contributed by atoms with Gasteiger partial charge >= 0.3 is 0 Å². The first-order valence-corrected chi connectivity index (χ1v) is 10.3. The van der Waals surface area contributed by atoms with E-state index in [1.54, 1.807) is 29.2 Å². The van der Waals surface area contributed by atoms with Gasteiger partial charge in [-0.2, -0.15) is 0 Å². The van der Waals surface area contributed by atoms with Crippen LogP contribution < -0.4 is 14.4 Å². The van der Waals surface area contributed by atoms with Crippen molar-refractivity contribution in [2.24, 2.45) is 0 Å². The molecule has 0 aromatic heterocycles. The van der Waals surface area contributed by atoms with Crippen molar-refractivity contribution in [2.75, 3.05) is 4.90 Å². The molecule has 0 fully saturated rings. The third-order valence-corrected chi connectivity index (χ3v) is 5.00. The van der Waals surface area contributed by atoms with E-state index in [2.05, 4.69) is 6.92 Å². The van der Waals surface area contributed by atoms with E-state index in [0.29, 0.717) is 16.5 Å². The Kier molecular flexibility index (Phi) is 7.20. The van der Waals surface area contributed by atoms with E-state index in [1.165, 1.54) is 5.56 Å². The van der Waals surface area contributed by atoms with E-state index in [-0.39, 0.29) is 10.3 Å². The first-order chi connectivity index (χ1) is 14.0. The highest BCUT2D eigenvalue weighted by molar-refractivity contribution is 7.82. The molecule has 0 aliphatic heterocycles. The summed E-state index contributed by atoms with van der Waals surface area (Å²) in [5.74, 6) is 1.19. The zero-order valence-electron chi connectivity index (χ0n) is 16.1. The summed E-state index contributed by atoms with van der Waals surface area (Å²) in [4.78, 5) is 1.60. The molecule has 0 saturated heterocycles. The van der Waals surface area contributed by atoms with Gasteiger partial charge in [0.25, 0.3) is 10.3 Å². The second-order valence-corrected chi connectivity index (χ2v) is 7.49. The molecule has 0 atom stereocenters. The fourth-order valence-electron chi connectivity index (χ4n) is 2.57. The molecule has 3 rings (SSSR count). The maximum atomic E-state index is 5.95. The lowest BCUT2D eigenvalue weighted by Gasteiger charge is -2.25. The Labute approximate surface area is 186 Å². The molecule has 0 amide bonds. The number of anilines is 1. The van der Waals surface area contributed by atoms with Crippen LogP contribution in [-0.2, 0) is 6.42 Å². The maximum Gasteiger partial charge on any atom is 0.277 e. The number of nitrogens with zero attached hydrogens (tertiary/aromatic N) is 1.